The van der Waals surface area contributed by atoms with Gasteiger partial charge >= 0.3 is 0 Å². The zero-order valence-corrected chi connectivity index (χ0v) is 15.7. The van der Waals surface area contributed by atoms with Gasteiger partial charge in [-0.1, -0.05) is 0 Å². The molecule has 2 amide bonds. The molecule has 2 fully saturated rings. The van der Waals surface area contributed by atoms with E-state index in [1.165, 1.54) is 0 Å². The number of amides is 2. The van der Waals surface area contributed by atoms with Crippen LogP contribution in [0.4, 0.5) is 0 Å². The van der Waals surface area contributed by atoms with Gasteiger partial charge in [0.15, 0.2) is 0 Å². The molecule has 3 heterocycles. The molecule has 1 N–H and O–H groups in total. The van der Waals surface area contributed by atoms with Crippen molar-refractivity contribution in [2.24, 2.45) is 7.05 Å². The number of aryl methyl sites for hydroxylation is 1. The van der Waals surface area contributed by atoms with Crippen LogP contribution in [0.15, 0.2) is 24.5 Å². The molecule has 2 aliphatic rings. The van der Waals surface area contributed by atoms with Gasteiger partial charge in [0.05, 0.1) is 23.4 Å². The normalized spacial score (nSPS) is 21.2. The van der Waals surface area contributed by atoms with Gasteiger partial charge < -0.3 is 14.4 Å². The molecule has 8 heteroatoms. The second kappa shape index (κ2) is 7.28. The van der Waals surface area contributed by atoms with Crippen molar-refractivity contribution < 1.29 is 9.59 Å². The third kappa shape index (κ3) is 3.31. The average Bonchev–Trinajstić information content (AvgIpc) is 3.25. The quantitative estimate of drug-likeness (QED) is 0.847. The van der Waals surface area contributed by atoms with Crippen LogP contribution >= 0.6 is 11.8 Å². The number of imidazole rings is 1. The molecule has 0 saturated carbocycles. The Morgan fingerprint density at radius 2 is 2.00 bits per heavy atom. The minimum Gasteiger partial charge on any atom is -0.339 e. The van der Waals surface area contributed by atoms with E-state index in [1.807, 2.05) is 39.6 Å². The summed E-state index contributed by atoms with van der Waals surface area (Å²) in [5.74, 6) is 1.85. The van der Waals surface area contributed by atoms with Crippen LogP contribution in [0.3, 0.4) is 0 Å². The number of thioether (sulfide) groups is 1. The molecule has 7 nitrogen and oxygen atoms in total. The Bertz CT molecular complexity index is 830. The third-order valence-electron chi connectivity index (χ3n) is 5.08. The fourth-order valence-corrected chi connectivity index (χ4v) is 4.50. The van der Waals surface area contributed by atoms with Gasteiger partial charge in [-0.3, -0.25) is 14.9 Å². The summed E-state index contributed by atoms with van der Waals surface area (Å²) >= 11 is 1.75. The molecule has 1 atom stereocenters. The molecule has 1 aromatic carbocycles. The molecule has 0 aliphatic carbocycles. The van der Waals surface area contributed by atoms with Crippen LogP contribution in [0.1, 0.15) is 16.8 Å². The summed E-state index contributed by atoms with van der Waals surface area (Å²) in [6.45, 7) is 2.56. The average molecular weight is 373 g/mol. The Hall–Kier alpha value is -2.06. The number of hydrogen-bond acceptors (Lipinski definition) is 5. The molecular weight excluding hydrogens is 350 g/mol. The SMILES string of the molecule is Cn1cnc2cc(C(=O)N3CCCN(C(=O)C4CSCN4)CC3)ccc21. The fourth-order valence-electron chi connectivity index (χ4n) is 3.57. The smallest absolute Gasteiger partial charge is 0.253 e. The number of rotatable bonds is 2. The minimum atomic E-state index is -0.0752. The Balaban J connectivity index is 1.44. The van der Waals surface area contributed by atoms with Crippen molar-refractivity contribution >= 4 is 34.6 Å². The van der Waals surface area contributed by atoms with E-state index in [0.29, 0.717) is 31.7 Å². The van der Waals surface area contributed by atoms with Gasteiger partial charge in [0.1, 0.15) is 0 Å². The van der Waals surface area contributed by atoms with E-state index in [9.17, 15) is 9.59 Å². The predicted molar refractivity (Wildman–Crippen MR) is 102 cm³/mol. The molecule has 2 aromatic rings. The third-order valence-corrected chi connectivity index (χ3v) is 6.02. The summed E-state index contributed by atoms with van der Waals surface area (Å²) in [5.41, 5.74) is 2.50. The topological polar surface area (TPSA) is 70.5 Å². The van der Waals surface area contributed by atoms with Crippen LogP contribution in [-0.2, 0) is 11.8 Å². The van der Waals surface area contributed by atoms with Crippen molar-refractivity contribution in [1.82, 2.24) is 24.7 Å². The molecule has 2 saturated heterocycles. The molecule has 1 unspecified atom stereocenters. The van der Waals surface area contributed by atoms with Gasteiger partial charge in [0.2, 0.25) is 5.91 Å². The van der Waals surface area contributed by atoms with Gasteiger partial charge in [-0.25, -0.2) is 4.98 Å². The Kier molecular flexibility index (Phi) is 4.86. The monoisotopic (exact) mass is 373 g/mol. The maximum Gasteiger partial charge on any atom is 0.253 e. The standard InChI is InChI=1S/C18H23N5O2S/c1-21-11-19-14-9-13(3-4-16(14)21)17(24)22-5-2-6-23(8-7-22)18(25)15-10-26-12-20-15/h3-4,9,11,15,20H,2,5-8,10,12H2,1H3. The molecular formula is C18H23N5O2S. The van der Waals surface area contributed by atoms with E-state index in [4.69, 9.17) is 0 Å². The molecule has 0 spiro atoms. The van der Waals surface area contributed by atoms with Gasteiger partial charge in [0.25, 0.3) is 5.91 Å². The van der Waals surface area contributed by atoms with Crippen molar-refractivity contribution in [2.75, 3.05) is 37.8 Å². The molecule has 2 aliphatic heterocycles. The summed E-state index contributed by atoms with van der Waals surface area (Å²) in [5, 5.41) is 3.24. The maximum atomic E-state index is 12.9. The molecule has 4 rings (SSSR count). The zero-order valence-electron chi connectivity index (χ0n) is 14.9. The summed E-state index contributed by atoms with van der Waals surface area (Å²) in [6, 6.07) is 5.58. The molecule has 1 aromatic heterocycles. The lowest BCUT2D eigenvalue weighted by atomic mass is 10.1. The summed E-state index contributed by atoms with van der Waals surface area (Å²) in [6.07, 6.45) is 2.56. The predicted octanol–water partition coefficient (Wildman–Crippen LogP) is 0.910. The minimum absolute atomic E-state index is 0.0152. The summed E-state index contributed by atoms with van der Waals surface area (Å²) < 4.78 is 1.94. The van der Waals surface area contributed by atoms with Gasteiger partial charge in [0, 0.05) is 50.4 Å². The van der Waals surface area contributed by atoms with E-state index in [1.54, 1.807) is 18.1 Å². The number of carbonyl (C=O) groups is 2. The number of benzene rings is 1. The van der Waals surface area contributed by atoms with Crippen molar-refractivity contribution in [1.29, 1.82) is 0 Å². The number of nitrogens with one attached hydrogen (secondary N) is 1. The molecule has 138 valence electrons. The van der Waals surface area contributed by atoms with E-state index in [0.717, 1.165) is 29.1 Å². The van der Waals surface area contributed by atoms with Gasteiger partial charge in [-0.2, -0.15) is 0 Å². The highest BCUT2D eigenvalue weighted by Gasteiger charge is 2.29. The number of nitrogens with zero attached hydrogens (tertiary/aromatic N) is 4. The second-order valence-electron chi connectivity index (χ2n) is 6.80. The highest BCUT2D eigenvalue weighted by molar-refractivity contribution is 7.99. The first-order valence-corrected chi connectivity index (χ1v) is 10.1. The van der Waals surface area contributed by atoms with Gasteiger partial charge in [-0.15, -0.1) is 11.8 Å². The van der Waals surface area contributed by atoms with Gasteiger partial charge in [-0.05, 0) is 24.6 Å². The Labute approximate surface area is 156 Å². The lowest BCUT2D eigenvalue weighted by Crippen LogP contribution is -2.46. The number of fused-ring (bicyclic) bond motifs is 1. The van der Waals surface area contributed by atoms with Crippen molar-refractivity contribution in [2.45, 2.75) is 12.5 Å². The van der Waals surface area contributed by atoms with Crippen LogP contribution in [-0.4, -0.2) is 75.0 Å². The molecule has 0 radical (unpaired) electrons. The number of aromatic nitrogens is 2. The fraction of sp³-hybridized carbons (Fsp3) is 0.500. The van der Waals surface area contributed by atoms with E-state index in [2.05, 4.69) is 10.3 Å². The first-order valence-electron chi connectivity index (χ1n) is 8.94. The first-order chi connectivity index (χ1) is 12.6. The Morgan fingerprint density at radius 1 is 1.19 bits per heavy atom. The van der Waals surface area contributed by atoms with Crippen LogP contribution < -0.4 is 5.32 Å². The van der Waals surface area contributed by atoms with E-state index < -0.39 is 0 Å². The lowest BCUT2D eigenvalue weighted by molar-refractivity contribution is -0.132. The second-order valence-corrected chi connectivity index (χ2v) is 7.83. The van der Waals surface area contributed by atoms with Crippen LogP contribution in [0, 0.1) is 0 Å². The summed E-state index contributed by atoms with van der Waals surface area (Å²) in [7, 11) is 1.94. The molecule has 26 heavy (non-hydrogen) atoms. The van der Waals surface area contributed by atoms with Crippen LogP contribution in [0.25, 0.3) is 11.0 Å². The lowest BCUT2D eigenvalue weighted by Gasteiger charge is -2.24. The zero-order chi connectivity index (χ0) is 18.1. The van der Waals surface area contributed by atoms with Crippen molar-refractivity contribution in [3.05, 3.63) is 30.1 Å². The largest absolute Gasteiger partial charge is 0.339 e. The highest BCUT2D eigenvalue weighted by atomic mass is 32.2. The van der Waals surface area contributed by atoms with E-state index >= 15 is 0 Å². The van der Waals surface area contributed by atoms with E-state index in [-0.39, 0.29) is 17.9 Å². The van der Waals surface area contributed by atoms with Crippen molar-refractivity contribution in [3.8, 4) is 0 Å². The first kappa shape index (κ1) is 17.4. The van der Waals surface area contributed by atoms with Crippen molar-refractivity contribution in [3.63, 3.8) is 0 Å². The highest BCUT2D eigenvalue weighted by Crippen LogP contribution is 2.17. The number of hydrogen-bond donors (Lipinski definition) is 1. The maximum absolute atomic E-state index is 12.9. The number of carbonyl (C=O) groups excluding carboxylic acids is 2. The van der Waals surface area contributed by atoms with Crippen LogP contribution in [0.5, 0.6) is 0 Å². The molecule has 0 bridgehead atoms. The summed E-state index contributed by atoms with van der Waals surface area (Å²) in [4.78, 5) is 33.6. The Morgan fingerprint density at radius 3 is 2.81 bits per heavy atom. The van der Waals surface area contributed by atoms with Crippen LogP contribution in [0.2, 0.25) is 0 Å².